The van der Waals surface area contributed by atoms with Gasteiger partial charge in [0.25, 0.3) is 0 Å². The van der Waals surface area contributed by atoms with E-state index in [4.69, 9.17) is 4.74 Å². The monoisotopic (exact) mass is 343 g/mol. The number of carboxylic acid groups (broad SMARTS) is 1. The number of benzene rings is 1. The minimum Gasteiger partial charge on any atom is -0.496 e. The number of carboxylic acids is 1. The molecule has 0 aliphatic carbocycles. The van der Waals surface area contributed by atoms with Crippen molar-refractivity contribution < 1.29 is 14.6 Å². The Balaban J connectivity index is 2.91. The Bertz CT molecular complexity index is 498. The summed E-state index contributed by atoms with van der Waals surface area (Å²) in [5.41, 5.74) is -0.463. The maximum absolute atomic E-state index is 11.4. The van der Waals surface area contributed by atoms with E-state index in [0.717, 1.165) is 15.8 Å². The fourth-order valence-corrected chi connectivity index (χ4v) is 2.10. The van der Waals surface area contributed by atoms with Gasteiger partial charge in [0.1, 0.15) is 5.75 Å². The maximum Gasteiger partial charge on any atom is 0.310 e. The summed E-state index contributed by atoms with van der Waals surface area (Å²) in [6.45, 7) is 7.77. The van der Waals surface area contributed by atoms with E-state index < -0.39 is 16.9 Å². The molecule has 1 aromatic rings. The summed E-state index contributed by atoms with van der Waals surface area (Å²) in [7, 11) is 1.62. The smallest absolute Gasteiger partial charge is 0.310 e. The lowest BCUT2D eigenvalue weighted by Crippen LogP contribution is -2.54. The molecule has 1 aromatic carbocycles. The summed E-state index contributed by atoms with van der Waals surface area (Å²) >= 11 is 3.43. The van der Waals surface area contributed by atoms with Crippen LogP contribution < -0.4 is 10.1 Å². The first-order valence-corrected chi connectivity index (χ1v) is 7.22. The van der Waals surface area contributed by atoms with Gasteiger partial charge in [0.15, 0.2) is 0 Å². The largest absolute Gasteiger partial charge is 0.496 e. The molecule has 20 heavy (non-hydrogen) atoms. The van der Waals surface area contributed by atoms with Gasteiger partial charge in [0.05, 0.1) is 12.5 Å². The molecule has 0 saturated heterocycles. The Labute approximate surface area is 128 Å². The van der Waals surface area contributed by atoms with E-state index in [9.17, 15) is 9.90 Å². The second-order valence-corrected chi connectivity index (χ2v) is 6.78. The molecule has 0 fully saturated rings. The van der Waals surface area contributed by atoms with E-state index in [-0.39, 0.29) is 0 Å². The van der Waals surface area contributed by atoms with Crippen LogP contribution in [-0.4, -0.2) is 23.7 Å². The van der Waals surface area contributed by atoms with E-state index in [2.05, 4.69) is 21.2 Å². The van der Waals surface area contributed by atoms with Gasteiger partial charge < -0.3 is 15.2 Å². The molecule has 112 valence electrons. The SMILES string of the molecule is COc1ccc(Br)cc1CNC(C)(C)C(C)(C)C(=O)O. The topological polar surface area (TPSA) is 58.6 Å². The van der Waals surface area contributed by atoms with Crippen molar-refractivity contribution in [1.29, 1.82) is 0 Å². The Kier molecular flexibility index (Phi) is 5.21. The third-order valence-electron chi connectivity index (χ3n) is 4.06. The van der Waals surface area contributed by atoms with Gasteiger partial charge in [-0.25, -0.2) is 0 Å². The van der Waals surface area contributed by atoms with Crippen LogP contribution in [0.25, 0.3) is 0 Å². The van der Waals surface area contributed by atoms with Crippen LogP contribution in [0, 0.1) is 5.41 Å². The van der Waals surface area contributed by atoms with Crippen molar-refractivity contribution in [3.63, 3.8) is 0 Å². The van der Waals surface area contributed by atoms with Gasteiger partial charge >= 0.3 is 5.97 Å². The van der Waals surface area contributed by atoms with Crippen LogP contribution in [0.1, 0.15) is 33.3 Å². The molecule has 0 atom stereocenters. The quantitative estimate of drug-likeness (QED) is 0.830. The van der Waals surface area contributed by atoms with Crippen molar-refractivity contribution in [2.75, 3.05) is 7.11 Å². The Morgan fingerprint density at radius 3 is 2.45 bits per heavy atom. The zero-order valence-electron chi connectivity index (χ0n) is 12.6. The lowest BCUT2D eigenvalue weighted by Gasteiger charge is -2.39. The fourth-order valence-electron chi connectivity index (χ4n) is 1.69. The van der Waals surface area contributed by atoms with Crippen molar-refractivity contribution in [2.45, 2.75) is 39.8 Å². The lowest BCUT2D eigenvalue weighted by molar-refractivity contribution is -0.151. The van der Waals surface area contributed by atoms with Crippen molar-refractivity contribution in [3.05, 3.63) is 28.2 Å². The molecule has 4 nitrogen and oxygen atoms in total. The normalized spacial score (nSPS) is 12.3. The van der Waals surface area contributed by atoms with E-state index in [1.54, 1.807) is 21.0 Å². The summed E-state index contributed by atoms with van der Waals surface area (Å²) in [5, 5.41) is 12.7. The molecule has 0 radical (unpaired) electrons. The van der Waals surface area contributed by atoms with Gasteiger partial charge in [0.2, 0.25) is 0 Å². The number of methoxy groups -OCH3 is 1. The molecule has 0 bridgehead atoms. The fraction of sp³-hybridized carbons (Fsp3) is 0.533. The molecule has 0 amide bonds. The highest BCUT2D eigenvalue weighted by molar-refractivity contribution is 9.10. The number of rotatable bonds is 6. The number of aliphatic carboxylic acids is 1. The molecule has 0 heterocycles. The molecule has 0 saturated carbocycles. The van der Waals surface area contributed by atoms with Crippen LogP contribution in [-0.2, 0) is 11.3 Å². The van der Waals surface area contributed by atoms with Gasteiger partial charge in [0, 0.05) is 22.1 Å². The average molecular weight is 344 g/mol. The number of ether oxygens (including phenoxy) is 1. The van der Waals surface area contributed by atoms with Crippen LogP contribution in [0.5, 0.6) is 5.75 Å². The summed E-state index contributed by atoms with van der Waals surface area (Å²) < 4.78 is 6.28. The third-order valence-corrected chi connectivity index (χ3v) is 4.55. The number of halogens is 1. The third kappa shape index (κ3) is 3.52. The predicted molar refractivity (Wildman–Crippen MR) is 83.0 cm³/mol. The van der Waals surface area contributed by atoms with Crippen LogP contribution in [0.4, 0.5) is 0 Å². The van der Waals surface area contributed by atoms with Crippen LogP contribution >= 0.6 is 15.9 Å². The highest BCUT2D eigenvalue weighted by Gasteiger charge is 2.43. The summed E-state index contributed by atoms with van der Waals surface area (Å²) in [6.07, 6.45) is 0. The molecule has 0 aliphatic heterocycles. The Hall–Kier alpha value is -1.07. The van der Waals surface area contributed by atoms with Crippen LogP contribution in [0.3, 0.4) is 0 Å². The standard InChI is InChI=1S/C15H22BrNO3/c1-14(2,13(18)19)15(3,4)17-9-10-8-11(16)6-7-12(10)20-5/h6-8,17H,9H2,1-5H3,(H,18,19). The highest BCUT2D eigenvalue weighted by atomic mass is 79.9. The van der Waals surface area contributed by atoms with E-state index in [0.29, 0.717) is 6.54 Å². The van der Waals surface area contributed by atoms with Gasteiger partial charge in [-0.2, -0.15) is 0 Å². The van der Waals surface area contributed by atoms with Gasteiger partial charge in [-0.05, 0) is 45.9 Å². The Morgan fingerprint density at radius 2 is 1.95 bits per heavy atom. The first kappa shape index (κ1) is 17.0. The van der Waals surface area contributed by atoms with Crippen molar-refractivity contribution >= 4 is 21.9 Å². The summed E-state index contributed by atoms with van der Waals surface area (Å²) in [4.78, 5) is 11.4. The van der Waals surface area contributed by atoms with E-state index in [1.807, 2.05) is 32.0 Å². The molecule has 1 rings (SSSR count). The number of nitrogens with one attached hydrogen (secondary N) is 1. The first-order chi connectivity index (χ1) is 9.11. The molecular formula is C15H22BrNO3. The lowest BCUT2D eigenvalue weighted by atomic mass is 9.74. The minimum absolute atomic E-state index is 0.534. The zero-order valence-corrected chi connectivity index (χ0v) is 14.2. The van der Waals surface area contributed by atoms with Crippen molar-refractivity contribution in [1.82, 2.24) is 5.32 Å². The first-order valence-electron chi connectivity index (χ1n) is 6.42. The minimum atomic E-state index is -0.883. The highest BCUT2D eigenvalue weighted by Crippen LogP contribution is 2.32. The molecule has 0 aromatic heterocycles. The van der Waals surface area contributed by atoms with E-state index >= 15 is 0 Å². The molecule has 5 heteroatoms. The molecule has 0 aliphatic rings. The van der Waals surface area contributed by atoms with Gasteiger partial charge in [-0.15, -0.1) is 0 Å². The van der Waals surface area contributed by atoms with Crippen LogP contribution in [0.15, 0.2) is 22.7 Å². The molecular weight excluding hydrogens is 322 g/mol. The number of hydrogen-bond donors (Lipinski definition) is 2. The van der Waals surface area contributed by atoms with Crippen LogP contribution in [0.2, 0.25) is 0 Å². The molecule has 0 spiro atoms. The van der Waals surface area contributed by atoms with Gasteiger partial charge in [-0.3, -0.25) is 4.79 Å². The molecule has 0 unspecified atom stereocenters. The van der Waals surface area contributed by atoms with Crippen molar-refractivity contribution in [3.8, 4) is 5.75 Å². The van der Waals surface area contributed by atoms with E-state index in [1.165, 1.54) is 0 Å². The average Bonchev–Trinajstić information content (AvgIpc) is 2.36. The summed E-state index contributed by atoms with van der Waals surface area (Å²) in [6, 6.07) is 5.76. The molecule has 2 N–H and O–H groups in total. The summed E-state index contributed by atoms with van der Waals surface area (Å²) in [5.74, 6) is -0.0409. The number of hydrogen-bond acceptors (Lipinski definition) is 3. The maximum atomic E-state index is 11.4. The van der Waals surface area contributed by atoms with Crippen molar-refractivity contribution in [2.24, 2.45) is 5.41 Å². The second kappa shape index (κ2) is 6.14. The Morgan fingerprint density at radius 1 is 1.35 bits per heavy atom. The zero-order chi connectivity index (χ0) is 15.6. The predicted octanol–water partition coefficient (Wildman–Crippen LogP) is 3.44. The van der Waals surface area contributed by atoms with Gasteiger partial charge in [-0.1, -0.05) is 15.9 Å². The second-order valence-electron chi connectivity index (χ2n) is 5.86. The number of carbonyl (C=O) groups is 1.